The highest BCUT2D eigenvalue weighted by atomic mass is 19.4. The van der Waals surface area contributed by atoms with Crippen LogP contribution in [0.5, 0.6) is 0 Å². The Hall–Kier alpha value is -0.185. The molecule has 0 atom stereocenters. The molecule has 5 heteroatoms. The van der Waals surface area contributed by atoms with Crippen molar-refractivity contribution in [2.45, 2.75) is 32.6 Å². The molecule has 0 aliphatic carbocycles. The molecule has 0 aromatic carbocycles. The first-order valence-electron chi connectivity index (χ1n) is 2.96. The van der Waals surface area contributed by atoms with Gasteiger partial charge in [-0.25, -0.2) is 0 Å². The summed E-state index contributed by atoms with van der Waals surface area (Å²) in [5, 5.41) is 0. The lowest BCUT2D eigenvalue weighted by atomic mass is 10.0. The van der Waals surface area contributed by atoms with Gasteiger partial charge in [0.15, 0.2) is 7.98 Å². The van der Waals surface area contributed by atoms with Crippen LogP contribution in [0.1, 0.15) is 20.8 Å². The van der Waals surface area contributed by atoms with Gasteiger partial charge in [0.1, 0.15) is 0 Å². The normalized spacial score (nSPS) is 14.3. The largest absolute Gasteiger partial charge is 0.449 e. The molecule has 0 fully saturated rings. The number of hydrogen-bond donors (Lipinski definition) is 0. The van der Waals surface area contributed by atoms with Gasteiger partial charge in [0.25, 0.3) is 0 Å². The lowest BCUT2D eigenvalue weighted by molar-refractivity contribution is -0.232. The third-order valence-corrected chi connectivity index (χ3v) is 1.39. The zero-order valence-electron chi connectivity index (χ0n) is 6.58. The molecule has 0 unspecified atom stereocenters. The molecule has 0 saturated carbocycles. The van der Waals surface area contributed by atoms with Crippen molar-refractivity contribution in [1.29, 1.82) is 0 Å². The monoisotopic (exact) mass is 153 g/mol. The molecule has 0 saturated heterocycles. The van der Waals surface area contributed by atoms with Crippen LogP contribution in [-0.2, 0) is 0 Å². The van der Waals surface area contributed by atoms with Crippen LogP contribution < -0.4 is 0 Å². The van der Waals surface area contributed by atoms with Gasteiger partial charge in [0.05, 0.1) is 0 Å². The van der Waals surface area contributed by atoms with Gasteiger partial charge in [-0.15, -0.1) is 0 Å². The summed E-state index contributed by atoms with van der Waals surface area (Å²) in [6, 6.07) is 0. The van der Waals surface area contributed by atoms with E-state index in [2.05, 4.69) is 0 Å². The van der Waals surface area contributed by atoms with Crippen LogP contribution in [0.2, 0.25) is 0 Å². The molecule has 0 spiro atoms. The highest BCUT2D eigenvalue weighted by Gasteiger charge is 2.39. The van der Waals surface area contributed by atoms with Crippen LogP contribution in [0.15, 0.2) is 0 Å². The number of halogens is 3. The summed E-state index contributed by atoms with van der Waals surface area (Å²) in [7, 11) is 1.04. The molecule has 10 heavy (non-hydrogen) atoms. The minimum Gasteiger partial charge on any atom is -0.258 e. The predicted octanol–water partition coefficient (Wildman–Crippen LogP) is 1.15. The first-order valence-corrected chi connectivity index (χ1v) is 2.96. The average Bonchev–Trinajstić information content (AvgIpc) is 1.59. The van der Waals surface area contributed by atoms with Crippen LogP contribution in [0.3, 0.4) is 0 Å². The van der Waals surface area contributed by atoms with E-state index >= 15 is 0 Å². The highest BCUT2D eigenvalue weighted by Crippen LogP contribution is 2.26. The van der Waals surface area contributed by atoms with Crippen molar-refractivity contribution in [2.24, 2.45) is 0 Å². The standard InChI is InChI=1S/C5H11BF3N/c1-4(2,3)10(6)5(7,8)9/h6H2,1-3H3. The molecule has 60 valence electrons. The smallest absolute Gasteiger partial charge is 0.258 e. The van der Waals surface area contributed by atoms with Crippen LogP contribution in [-0.4, -0.2) is 24.6 Å². The Kier molecular flexibility index (Phi) is 2.41. The van der Waals surface area contributed by atoms with E-state index in [1.54, 1.807) is 0 Å². The molecule has 0 radical (unpaired) electrons. The van der Waals surface area contributed by atoms with Crippen molar-refractivity contribution >= 4 is 7.98 Å². The second kappa shape index (κ2) is 2.45. The molecule has 0 aromatic rings. The fourth-order valence-corrected chi connectivity index (χ4v) is 0.380. The third kappa shape index (κ3) is 2.60. The SMILES string of the molecule is BN(C(C)(C)C)C(F)(F)F. The predicted molar refractivity (Wildman–Crippen MR) is 36.2 cm³/mol. The van der Waals surface area contributed by atoms with Crippen LogP contribution >= 0.6 is 0 Å². The Morgan fingerprint density at radius 2 is 1.40 bits per heavy atom. The third-order valence-electron chi connectivity index (χ3n) is 1.39. The van der Waals surface area contributed by atoms with E-state index in [4.69, 9.17) is 0 Å². The molecular weight excluding hydrogens is 142 g/mol. The summed E-state index contributed by atoms with van der Waals surface area (Å²) in [5.74, 6) is 0. The minimum absolute atomic E-state index is 0.375. The van der Waals surface area contributed by atoms with Crippen molar-refractivity contribution < 1.29 is 13.2 Å². The topological polar surface area (TPSA) is 3.24 Å². The van der Waals surface area contributed by atoms with Gasteiger partial charge in [0.2, 0.25) is 0 Å². The van der Waals surface area contributed by atoms with E-state index in [0.717, 1.165) is 7.98 Å². The molecule has 0 aliphatic heterocycles. The maximum atomic E-state index is 11.9. The van der Waals surface area contributed by atoms with Crippen LogP contribution in [0.4, 0.5) is 13.2 Å². The fourth-order valence-electron chi connectivity index (χ4n) is 0.380. The lowest BCUT2D eigenvalue weighted by Gasteiger charge is -2.33. The maximum Gasteiger partial charge on any atom is 0.449 e. The summed E-state index contributed by atoms with van der Waals surface area (Å²) >= 11 is 0. The molecule has 0 aromatic heterocycles. The lowest BCUT2D eigenvalue weighted by Crippen LogP contribution is -2.48. The Morgan fingerprint density at radius 3 is 1.40 bits per heavy atom. The molecular formula is C5H11BF3N. The van der Waals surface area contributed by atoms with Crippen molar-refractivity contribution in [3.8, 4) is 0 Å². The van der Waals surface area contributed by atoms with Crippen LogP contribution in [0.25, 0.3) is 0 Å². The number of hydrogen-bond acceptors (Lipinski definition) is 1. The van der Waals surface area contributed by atoms with E-state index in [-0.39, 0.29) is 0 Å². The van der Waals surface area contributed by atoms with Crippen LogP contribution in [0, 0.1) is 0 Å². The van der Waals surface area contributed by atoms with Gasteiger partial charge in [-0.2, -0.15) is 13.2 Å². The molecule has 0 heterocycles. The zero-order valence-corrected chi connectivity index (χ0v) is 6.58. The molecule has 0 amide bonds. The van der Waals surface area contributed by atoms with E-state index in [1.807, 2.05) is 0 Å². The number of nitrogens with zero attached hydrogens (tertiary/aromatic N) is 1. The summed E-state index contributed by atoms with van der Waals surface area (Å²) in [6.07, 6.45) is -4.22. The first kappa shape index (κ1) is 9.81. The Balaban J connectivity index is 4.23. The van der Waals surface area contributed by atoms with E-state index < -0.39 is 11.8 Å². The van der Waals surface area contributed by atoms with Gasteiger partial charge >= 0.3 is 6.30 Å². The van der Waals surface area contributed by atoms with E-state index in [1.165, 1.54) is 20.8 Å². The van der Waals surface area contributed by atoms with Crippen molar-refractivity contribution in [2.75, 3.05) is 0 Å². The molecule has 0 N–H and O–H groups in total. The van der Waals surface area contributed by atoms with Gasteiger partial charge in [-0.1, -0.05) is 0 Å². The summed E-state index contributed by atoms with van der Waals surface area (Å²) in [5.41, 5.74) is -0.849. The molecule has 1 nitrogen and oxygen atoms in total. The second-order valence-corrected chi connectivity index (χ2v) is 3.20. The zero-order chi connectivity index (χ0) is 8.58. The fraction of sp³-hybridized carbons (Fsp3) is 1.00. The van der Waals surface area contributed by atoms with Crippen molar-refractivity contribution in [3.05, 3.63) is 0 Å². The van der Waals surface area contributed by atoms with Gasteiger partial charge in [-0.05, 0) is 20.8 Å². The number of rotatable bonds is 0. The quantitative estimate of drug-likeness (QED) is 0.372. The summed E-state index contributed by atoms with van der Waals surface area (Å²) < 4.78 is 35.6. The Bertz CT molecular complexity index is 101. The molecule has 0 rings (SSSR count). The Morgan fingerprint density at radius 1 is 1.10 bits per heavy atom. The van der Waals surface area contributed by atoms with Gasteiger partial charge < -0.3 is 0 Å². The maximum absolute atomic E-state index is 11.9. The van der Waals surface area contributed by atoms with E-state index in [9.17, 15) is 13.2 Å². The Labute approximate surface area is 59.6 Å². The van der Waals surface area contributed by atoms with Gasteiger partial charge in [0, 0.05) is 5.54 Å². The van der Waals surface area contributed by atoms with Crippen molar-refractivity contribution in [3.63, 3.8) is 0 Å². The first-order chi connectivity index (χ1) is 4.15. The van der Waals surface area contributed by atoms with E-state index in [0.29, 0.717) is 4.81 Å². The summed E-state index contributed by atoms with van der Waals surface area (Å²) in [6.45, 7) is 4.54. The minimum atomic E-state index is -4.22. The van der Waals surface area contributed by atoms with Crippen molar-refractivity contribution in [1.82, 2.24) is 4.81 Å². The average molecular weight is 153 g/mol. The number of alkyl halides is 3. The molecule has 0 aliphatic rings. The van der Waals surface area contributed by atoms with Gasteiger partial charge in [-0.3, -0.25) is 4.81 Å². The summed E-state index contributed by atoms with van der Waals surface area (Å²) in [4.78, 5) is 0.375. The highest BCUT2D eigenvalue weighted by molar-refractivity contribution is 6.05. The second-order valence-electron chi connectivity index (χ2n) is 3.20. The molecule has 0 bridgehead atoms.